The van der Waals surface area contributed by atoms with E-state index in [0.717, 1.165) is 41.0 Å². The largest absolute Gasteiger partial charge is 0.291 e. The molecule has 1 aliphatic rings. The number of nitrogens with zero attached hydrogens (tertiary/aromatic N) is 6. The fraction of sp³-hybridized carbons (Fsp3) is 0.200. The normalized spacial score (nSPS) is 15.0. The van der Waals surface area contributed by atoms with Gasteiger partial charge in [0.05, 0.1) is 11.7 Å². The number of hydrogen-bond donors (Lipinski definition) is 0. The molecular formula is C15H11ClN6. The number of halogens is 1. The van der Waals surface area contributed by atoms with Crippen LogP contribution < -0.4 is 0 Å². The van der Waals surface area contributed by atoms with E-state index in [-0.39, 0.29) is 0 Å². The van der Waals surface area contributed by atoms with Crippen LogP contribution in [0.1, 0.15) is 18.9 Å². The highest BCUT2D eigenvalue weighted by Gasteiger charge is 2.30. The Morgan fingerprint density at radius 1 is 1.09 bits per heavy atom. The molecule has 5 rings (SSSR count). The summed E-state index contributed by atoms with van der Waals surface area (Å²) >= 11 is 6.07. The SMILES string of the molecule is Clc1ccc2nc(-n3cnc4cnccc43)n(C3CC3)c2n1. The van der Waals surface area contributed by atoms with Gasteiger partial charge in [-0.3, -0.25) is 14.1 Å². The quantitative estimate of drug-likeness (QED) is 0.534. The van der Waals surface area contributed by atoms with Crippen LogP contribution in [-0.4, -0.2) is 29.1 Å². The van der Waals surface area contributed by atoms with Gasteiger partial charge in [-0.25, -0.2) is 15.0 Å². The molecule has 0 spiro atoms. The molecule has 0 aromatic carbocycles. The summed E-state index contributed by atoms with van der Waals surface area (Å²) in [5.74, 6) is 0.834. The second-order valence-corrected chi connectivity index (χ2v) is 5.86. The topological polar surface area (TPSA) is 61.4 Å². The maximum atomic E-state index is 6.07. The van der Waals surface area contributed by atoms with Crippen molar-refractivity contribution in [3.8, 4) is 5.95 Å². The Morgan fingerprint density at radius 2 is 2.00 bits per heavy atom. The summed E-state index contributed by atoms with van der Waals surface area (Å²) in [5, 5.41) is 0.487. The van der Waals surface area contributed by atoms with Gasteiger partial charge in [-0.05, 0) is 31.0 Å². The Hall–Kier alpha value is -2.47. The summed E-state index contributed by atoms with van der Waals surface area (Å²) in [6, 6.07) is 6.06. The first-order chi connectivity index (χ1) is 10.8. The van der Waals surface area contributed by atoms with Crippen LogP contribution in [0.15, 0.2) is 36.9 Å². The van der Waals surface area contributed by atoms with Gasteiger partial charge in [-0.15, -0.1) is 0 Å². The third kappa shape index (κ3) is 1.67. The van der Waals surface area contributed by atoms with Gasteiger partial charge in [-0.2, -0.15) is 0 Å². The van der Waals surface area contributed by atoms with Crippen LogP contribution in [0.4, 0.5) is 0 Å². The summed E-state index contributed by atoms with van der Waals surface area (Å²) in [5.41, 5.74) is 3.52. The van der Waals surface area contributed by atoms with E-state index >= 15 is 0 Å². The molecule has 0 atom stereocenters. The highest BCUT2D eigenvalue weighted by atomic mass is 35.5. The van der Waals surface area contributed by atoms with Gasteiger partial charge in [-0.1, -0.05) is 11.6 Å². The molecular weight excluding hydrogens is 300 g/mol. The predicted molar refractivity (Wildman–Crippen MR) is 83.2 cm³/mol. The van der Waals surface area contributed by atoms with Crippen molar-refractivity contribution < 1.29 is 0 Å². The molecule has 0 unspecified atom stereocenters. The lowest BCUT2D eigenvalue weighted by molar-refractivity contribution is 0.721. The second-order valence-electron chi connectivity index (χ2n) is 5.47. The van der Waals surface area contributed by atoms with Crippen LogP contribution in [0.5, 0.6) is 0 Å². The molecule has 0 saturated heterocycles. The van der Waals surface area contributed by atoms with Gasteiger partial charge >= 0.3 is 0 Å². The van der Waals surface area contributed by atoms with Crippen molar-refractivity contribution in [1.29, 1.82) is 0 Å². The Balaban J connectivity index is 1.85. The number of aromatic nitrogens is 6. The average molecular weight is 311 g/mol. The molecule has 0 radical (unpaired) electrons. The van der Waals surface area contributed by atoms with Crippen LogP contribution in [0, 0.1) is 0 Å². The highest BCUT2D eigenvalue weighted by molar-refractivity contribution is 6.29. The molecule has 4 aromatic heterocycles. The number of pyridine rings is 2. The molecule has 6 nitrogen and oxygen atoms in total. The summed E-state index contributed by atoms with van der Waals surface area (Å²) in [7, 11) is 0. The predicted octanol–water partition coefficient (Wildman–Crippen LogP) is 3.15. The van der Waals surface area contributed by atoms with E-state index in [1.165, 1.54) is 0 Å². The highest BCUT2D eigenvalue weighted by Crippen LogP contribution is 2.39. The molecule has 4 aromatic rings. The third-order valence-electron chi connectivity index (χ3n) is 3.96. The standard InChI is InChI=1S/C15H11ClN6/c16-13-4-3-10-14(20-13)22(9-1-2-9)15(19-10)21-8-18-11-7-17-6-5-12(11)21/h3-9H,1-2H2. The molecule has 108 valence electrons. The van der Waals surface area contributed by atoms with Crippen molar-refractivity contribution in [2.24, 2.45) is 0 Å². The maximum absolute atomic E-state index is 6.07. The van der Waals surface area contributed by atoms with Gasteiger partial charge in [0.1, 0.15) is 22.5 Å². The zero-order valence-corrected chi connectivity index (χ0v) is 12.3. The lowest BCUT2D eigenvalue weighted by Gasteiger charge is -2.08. The van der Waals surface area contributed by atoms with Crippen molar-refractivity contribution in [2.75, 3.05) is 0 Å². The van der Waals surface area contributed by atoms with Crippen molar-refractivity contribution in [3.05, 3.63) is 42.1 Å². The lowest BCUT2D eigenvalue weighted by Crippen LogP contribution is -2.05. The molecule has 1 fully saturated rings. The fourth-order valence-electron chi connectivity index (χ4n) is 2.80. The van der Waals surface area contributed by atoms with Crippen LogP contribution in [0.25, 0.3) is 28.1 Å². The summed E-state index contributed by atoms with van der Waals surface area (Å²) in [4.78, 5) is 17.7. The molecule has 0 N–H and O–H groups in total. The van der Waals surface area contributed by atoms with E-state index < -0.39 is 0 Å². The van der Waals surface area contributed by atoms with Crippen LogP contribution >= 0.6 is 11.6 Å². The van der Waals surface area contributed by atoms with Crippen molar-refractivity contribution in [1.82, 2.24) is 29.1 Å². The maximum Gasteiger partial charge on any atom is 0.218 e. The Bertz CT molecular complexity index is 1010. The lowest BCUT2D eigenvalue weighted by atomic mass is 10.4. The van der Waals surface area contributed by atoms with Crippen molar-refractivity contribution in [3.63, 3.8) is 0 Å². The van der Waals surface area contributed by atoms with Gasteiger partial charge in [0.15, 0.2) is 5.65 Å². The molecule has 0 bridgehead atoms. The average Bonchev–Trinajstić information content (AvgIpc) is 3.17. The number of hydrogen-bond acceptors (Lipinski definition) is 4. The first-order valence-corrected chi connectivity index (χ1v) is 7.51. The van der Waals surface area contributed by atoms with E-state index in [2.05, 4.69) is 19.5 Å². The fourth-order valence-corrected chi connectivity index (χ4v) is 2.94. The van der Waals surface area contributed by atoms with Crippen molar-refractivity contribution >= 4 is 33.8 Å². The van der Waals surface area contributed by atoms with E-state index in [9.17, 15) is 0 Å². The van der Waals surface area contributed by atoms with E-state index in [4.69, 9.17) is 16.6 Å². The number of rotatable bonds is 2. The van der Waals surface area contributed by atoms with E-state index in [1.807, 2.05) is 16.7 Å². The first-order valence-electron chi connectivity index (χ1n) is 7.13. The van der Waals surface area contributed by atoms with Crippen LogP contribution in [0.2, 0.25) is 5.15 Å². The summed E-state index contributed by atoms with van der Waals surface area (Å²) < 4.78 is 4.16. The first kappa shape index (κ1) is 12.1. The number of imidazole rings is 2. The van der Waals surface area contributed by atoms with Gasteiger partial charge in [0.25, 0.3) is 0 Å². The third-order valence-corrected chi connectivity index (χ3v) is 4.17. The molecule has 0 aliphatic heterocycles. The van der Waals surface area contributed by atoms with Gasteiger partial charge in [0, 0.05) is 12.2 Å². The Kier molecular flexibility index (Phi) is 2.35. The van der Waals surface area contributed by atoms with Gasteiger partial charge in [0.2, 0.25) is 5.95 Å². The minimum Gasteiger partial charge on any atom is -0.291 e. The van der Waals surface area contributed by atoms with Crippen LogP contribution in [0.3, 0.4) is 0 Å². The smallest absolute Gasteiger partial charge is 0.218 e. The molecule has 4 heterocycles. The number of fused-ring (bicyclic) bond motifs is 2. The molecule has 1 saturated carbocycles. The summed E-state index contributed by atoms with van der Waals surface area (Å²) in [6.45, 7) is 0. The second kappa shape index (κ2) is 4.27. The molecule has 22 heavy (non-hydrogen) atoms. The summed E-state index contributed by atoms with van der Waals surface area (Å²) in [6.07, 6.45) is 7.58. The minimum absolute atomic E-state index is 0.435. The Morgan fingerprint density at radius 3 is 2.86 bits per heavy atom. The van der Waals surface area contributed by atoms with E-state index in [1.54, 1.807) is 24.8 Å². The zero-order chi connectivity index (χ0) is 14.7. The van der Waals surface area contributed by atoms with Gasteiger partial charge < -0.3 is 0 Å². The minimum atomic E-state index is 0.435. The van der Waals surface area contributed by atoms with Crippen molar-refractivity contribution in [2.45, 2.75) is 18.9 Å². The van der Waals surface area contributed by atoms with Crippen LogP contribution in [-0.2, 0) is 0 Å². The monoisotopic (exact) mass is 310 g/mol. The molecule has 7 heteroatoms. The Labute approximate surface area is 130 Å². The molecule has 1 aliphatic carbocycles. The van der Waals surface area contributed by atoms with E-state index in [0.29, 0.717) is 11.2 Å². The zero-order valence-electron chi connectivity index (χ0n) is 11.5. The molecule has 0 amide bonds.